The average Bonchev–Trinajstić information content (AvgIpc) is 3.08. The number of hydrogen-bond acceptors (Lipinski definition) is 3. The van der Waals surface area contributed by atoms with Crippen LogP contribution < -0.4 is 5.32 Å². The zero-order valence-electron chi connectivity index (χ0n) is 14.6. The van der Waals surface area contributed by atoms with Gasteiger partial charge < -0.3 is 9.73 Å². The molecule has 0 aliphatic rings. The van der Waals surface area contributed by atoms with Crippen LogP contribution in [0.1, 0.15) is 15.9 Å². The predicted molar refractivity (Wildman–Crippen MR) is 127 cm³/mol. The number of oxazole rings is 1. The molecule has 0 saturated carbocycles. The number of fused-ring (bicyclic) bond motifs is 1. The van der Waals surface area contributed by atoms with Crippen molar-refractivity contribution in [3.05, 3.63) is 78.2 Å². The number of carbonyl (C=O) groups is 1. The van der Waals surface area contributed by atoms with E-state index in [-0.39, 0.29) is 5.91 Å². The zero-order chi connectivity index (χ0) is 19.8. The number of nitrogens with one attached hydrogen (secondary N) is 1. The van der Waals surface area contributed by atoms with Gasteiger partial charge in [-0.15, -0.1) is 0 Å². The van der Waals surface area contributed by atoms with Crippen molar-refractivity contribution in [1.29, 1.82) is 0 Å². The highest BCUT2D eigenvalue weighted by molar-refractivity contribution is 14.1. The lowest BCUT2D eigenvalue weighted by atomic mass is 10.1. The summed E-state index contributed by atoms with van der Waals surface area (Å²) in [6, 6.07) is 17.1. The molecule has 0 spiro atoms. The van der Waals surface area contributed by atoms with Crippen molar-refractivity contribution in [1.82, 2.24) is 4.98 Å². The van der Waals surface area contributed by atoms with Crippen molar-refractivity contribution >= 4 is 77.1 Å². The molecule has 4 aromatic rings. The smallest absolute Gasteiger partial charge is 0.256 e. The first kappa shape index (κ1) is 19.6. The molecule has 7 heteroatoms. The van der Waals surface area contributed by atoms with Gasteiger partial charge in [-0.1, -0.05) is 28.1 Å². The van der Waals surface area contributed by atoms with Crippen molar-refractivity contribution in [2.75, 3.05) is 5.32 Å². The van der Waals surface area contributed by atoms with Gasteiger partial charge in [0.15, 0.2) is 5.58 Å². The highest BCUT2D eigenvalue weighted by atomic mass is 127. The lowest BCUT2D eigenvalue weighted by molar-refractivity contribution is 0.102. The molecule has 0 saturated heterocycles. The summed E-state index contributed by atoms with van der Waals surface area (Å²) in [6.45, 7) is 2.01. The Kier molecular flexibility index (Phi) is 5.57. The minimum Gasteiger partial charge on any atom is -0.436 e. The lowest BCUT2D eigenvalue weighted by Gasteiger charge is -2.09. The topological polar surface area (TPSA) is 55.1 Å². The molecule has 0 fully saturated rings. The van der Waals surface area contributed by atoms with Gasteiger partial charge in [-0.25, -0.2) is 4.98 Å². The Bertz CT molecular complexity index is 1220. The van der Waals surface area contributed by atoms with Crippen LogP contribution in [0.4, 0.5) is 5.69 Å². The van der Waals surface area contributed by atoms with Crippen LogP contribution in [0.5, 0.6) is 0 Å². The maximum Gasteiger partial charge on any atom is 0.256 e. The van der Waals surface area contributed by atoms with Crippen molar-refractivity contribution in [3.8, 4) is 11.5 Å². The molecule has 140 valence electrons. The van der Waals surface area contributed by atoms with Gasteiger partial charge in [0.2, 0.25) is 5.89 Å². The first-order valence-electron chi connectivity index (χ1n) is 8.34. The van der Waals surface area contributed by atoms with E-state index in [1.54, 1.807) is 6.07 Å². The Morgan fingerprint density at radius 2 is 1.93 bits per heavy atom. The minimum absolute atomic E-state index is 0.184. The summed E-state index contributed by atoms with van der Waals surface area (Å²) in [7, 11) is 0. The molecule has 0 aliphatic carbocycles. The van der Waals surface area contributed by atoms with Crippen LogP contribution in [0.15, 0.2) is 68.0 Å². The second-order valence-corrected chi connectivity index (χ2v) is 9.12. The van der Waals surface area contributed by atoms with Crippen LogP contribution in [-0.2, 0) is 0 Å². The molecular weight excluding hydrogens is 599 g/mol. The van der Waals surface area contributed by atoms with Crippen LogP contribution >= 0.6 is 54.5 Å². The van der Waals surface area contributed by atoms with Crippen molar-refractivity contribution in [3.63, 3.8) is 0 Å². The summed E-state index contributed by atoms with van der Waals surface area (Å²) in [5.41, 5.74) is 4.74. The van der Waals surface area contributed by atoms with Crippen LogP contribution in [0.2, 0.25) is 0 Å². The first-order valence-corrected chi connectivity index (χ1v) is 11.0. The number of rotatable bonds is 3. The molecule has 0 unspecified atom stereocenters. The van der Waals surface area contributed by atoms with E-state index in [4.69, 9.17) is 4.42 Å². The number of aromatic nitrogens is 1. The first-order chi connectivity index (χ1) is 13.4. The Balaban J connectivity index is 1.64. The van der Waals surface area contributed by atoms with Crippen LogP contribution in [0.25, 0.3) is 22.6 Å². The third kappa shape index (κ3) is 4.01. The fraction of sp³-hybridized carbons (Fsp3) is 0.0476. The van der Waals surface area contributed by atoms with Gasteiger partial charge in [-0.2, -0.15) is 0 Å². The maximum absolute atomic E-state index is 12.8. The summed E-state index contributed by atoms with van der Waals surface area (Å²) in [5.74, 6) is 0.341. The molecule has 1 aromatic heterocycles. The van der Waals surface area contributed by atoms with Gasteiger partial charge in [0.25, 0.3) is 5.91 Å². The van der Waals surface area contributed by atoms with Crippen molar-refractivity contribution in [2.45, 2.75) is 6.92 Å². The van der Waals surface area contributed by atoms with E-state index in [2.05, 4.69) is 64.8 Å². The highest BCUT2D eigenvalue weighted by Crippen LogP contribution is 2.29. The molecule has 0 radical (unpaired) electrons. The third-order valence-corrected chi connectivity index (χ3v) is 7.14. The number of amides is 1. The average molecular weight is 612 g/mol. The lowest BCUT2D eigenvalue weighted by Crippen LogP contribution is -2.13. The van der Waals surface area contributed by atoms with E-state index in [0.29, 0.717) is 17.1 Å². The summed E-state index contributed by atoms with van der Waals surface area (Å²) in [5, 5.41) is 2.95. The van der Waals surface area contributed by atoms with Crippen molar-refractivity contribution in [2.24, 2.45) is 0 Å². The minimum atomic E-state index is -0.184. The number of anilines is 1. The van der Waals surface area contributed by atoms with E-state index in [0.717, 1.165) is 34.7 Å². The van der Waals surface area contributed by atoms with Crippen molar-refractivity contribution < 1.29 is 9.21 Å². The van der Waals surface area contributed by atoms with Gasteiger partial charge in [0.1, 0.15) is 5.52 Å². The standard InChI is InChI=1S/C21H13Br2IN2O2/c1-11-5-6-17-18(7-11)28-21(26-17)12-3-2-4-14(8-12)25-20(27)15-9-13(22)10-16(23)19(15)24/h2-10H,1H3,(H,25,27). The monoisotopic (exact) mass is 610 g/mol. The van der Waals surface area contributed by atoms with E-state index >= 15 is 0 Å². The summed E-state index contributed by atoms with van der Waals surface area (Å²) in [6.07, 6.45) is 0. The molecule has 1 amide bonds. The van der Waals surface area contributed by atoms with Gasteiger partial charge in [-0.05, 0) is 93.5 Å². The van der Waals surface area contributed by atoms with E-state index in [1.807, 2.05) is 55.5 Å². The van der Waals surface area contributed by atoms with Gasteiger partial charge >= 0.3 is 0 Å². The molecule has 4 nitrogen and oxygen atoms in total. The molecular formula is C21H13Br2IN2O2. The molecule has 1 N–H and O–H groups in total. The second-order valence-electron chi connectivity index (χ2n) is 6.27. The number of nitrogens with zero attached hydrogens (tertiary/aromatic N) is 1. The van der Waals surface area contributed by atoms with Crippen LogP contribution in [-0.4, -0.2) is 10.9 Å². The van der Waals surface area contributed by atoms with Crippen LogP contribution in [0.3, 0.4) is 0 Å². The Morgan fingerprint density at radius 3 is 2.75 bits per heavy atom. The molecule has 3 aromatic carbocycles. The van der Waals surface area contributed by atoms with Gasteiger partial charge in [0.05, 0.1) is 5.56 Å². The van der Waals surface area contributed by atoms with E-state index < -0.39 is 0 Å². The number of aryl methyl sites for hydroxylation is 1. The number of carbonyl (C=O) groups excluding carboxylic acids is 1. The zero-order valence-corrected chi connectivity index (χ0v) is 19.9. The van der Waals surface area contributed by atoms with Gasteiger partial charge in [0, 0.05) is 23.8 Å². The fourth-order valence-corrected chi connectivity index (χ4v) is 4.59. The Hall–Kier alpha value is -1.71. The van der Waals surface area contributed by atoms with E-state index in [1.165, 1.54) is 0 Å². The van der Waals surface area contributed by atoms with E-state index in [9.17, 15) is 4.79 Å². The second kappa shape index (κ2) is 7.96. The summed E-state index contributed by atoms with van der Waals surface area (Å²) >= 11 is 9.06. The fourth-order valence-electron chi connectivity index (χ4n) is 2.80. The predicted octanol–water partition coefficient (Wildman–Crippen LogP) is 7.19. The Morgan fingerprint density at radius 1 is 1.11 bits per heavy atom. The quantitative estimate of drug-likeness (QED) is 0.197. The number of hydrogen-bond donors (Lipinski definition) is 1. The number of halogens is 3. The number of benzene rings is 3. The molecule has 0 bridgehead atoms. The molecule has 0 atom stereocenters. The normalized spacial score (nSPS) is 11.0. The third-order valence-electron chi connectivity index (χ3n) is 4.15. The molecule has 1 heterocycles. The molecule has 4 rings (SSSR count). The van der Waals surface area contributed by atoms with Gasteiger partial charge in [-0.3, -0.25) is 4.79 Å². The highest BCUT2D eigenvalue weighted by Gasteiger charge is 2.15. The van der Waals surface area contributed by atoms with Crippen LogP contribution in [0, 0.1) is 10.5 Å². The molecule has 28 heavy (non-hydrogen) atoms. The Labute approximate surface area is 192 Å². The summed E-state index contributed by atoms with van der Waals surface area (Å²) < 4.78 is 8.44. The maximum atomic E-state index is 12.8. The largest absolute Gasteiger partial charge is 0.436 e. The molecule has 0 aliphatic heterocycles. The SMILES string of the molecule is Cc1ccc2nc(-c3cccc(NC(=O)c4cc(Br)cc(Br)c4I)c3)oc2c1. The summed E-state index contributed by atoms with van der Waals surface area (Å²) in [4.78, 5) is 17.3.